The average molecular weight is 326 g/mol. The van der Waals surface area contributed by atoms with Crippen LogP contribution in [0.15, 0.2) is 28.7 Å². The van der Waals surface area contributed by atoms with Crippen LogP contribution in [0.4, 0.5) is 0 Å². The fourth-order valence-electron chi connectivity index (χ4n) is 2.62. The Morgan fingerprint density at radius 3 is 2.74 bits per heavy atom. The molecule has 1 aliphatic carbocycles. The van der Waals surface area contributed by atoms with E-state index in [0.29, 0.717) is 12.1 Å². The molecule has 0 atom stereocenters. The van der Waals surface area contributed by atoms with Crippen molar-refractivity contribution >= 4 is 15.9 Å². The van der Waals surface area contributed by atoms with Crippen molar-refractivity contribution in [3.05, 3.63) is 34.3 Å². The minimum Gasteiger partial charge on any atom is -0.374 e. The van der Waals surface area contributed by atoms with Gasteiger partial charge in [0.1, 0.15) is 0 Å². The highest BCUT2D eigenvalue weighted by Gasteiger charge is 2.20. The first kappa shape index (κ1) is 15.0. The smallest absolute Gasteiger partial charge is 0.0721 e. The number of hydrogen-bond donors (Lipinski definition) is 1. The van der Waals surface area contributed by atoms with Gasteiger partial charge in [-0.05, 0) is 56.3 Å². The summed E-state index contributed by atoms with van der Waals surface area (Å²) < 4.78 is 7.15. The molecule has 106 valence electrons. The summed E-state index contributed by atoms with van der Waals surface area (Å²) in [6.07, 6.45) is 6.55. The molecule has 0 aromatic heterocycles. The summed E-state index contributed by atoms with van der Waals surface area (Å²) in [5.74, 6) is 0. The van der Waals surface area contributed by atoms with Gasteiger partial charge in [0, 0.05) is 10.5 Å². The van der Waals surface area contributed by atoms with Crippen LogP contribution in [0, 0.1) is 0 Å². The van der Waals surface area contributed by atoms with Crippen LogP contribution in [0.1, 0.15) is 44.6 Å². The van der Waals surface area contributed by atoms with Gasteiger partial charge in [0.2, 0.25) is 0 Å². The quantitative estimate of drug-likeness (QED) is 0.843. The van der Waals surface area contributed by atoms with E-state index in [9.17, 15) is 0 Å². The standard InChI is InChI=1S/C16H24BrNO/c1-2-10-18-15-6-8-16(9-7-15)19-12-13-4-3-5-14(17)11-13/h3-5,11,15-16,18H,2,6-10,12H2,1H3. The summed E-state index contributed by atoms with van der Waals surface area (Å²) in [6.45, 7) is 4.10. The molecule has 1 N–H and O–H groups in total. The molecule has 19 heavy (non-hydrogen) atoms. The Kier molecular flexibility index (Phi) is 6.35. The van der Waals surface area contributed by atoms with Crippen molar-refractivity contribution in [2.24, 2.45) is 0 Å². The fourth-order valence-corrected chi connectivity index (χ4v) is 3.07. The Bertz CT molecular complexity index is 375. The van der Waals surface area contributed by atoms with Crippen LogP contribution in [0.25, 0.3) is 0 Å². The molecule has 0 radical (unpaired) electrons. The van der Waals surface area contributed by atoms with Gasteiger partial charge < -0.3 is 10.1 Å². The Labute approximate surface area is 125 Å². The maximum atomic E-state index is 6.03. The lowest BCUT2D eigenvalue weighted by atomic mass is 9.93. The molecule has 0 heterocycles. The zero-order valence-corrected chi connectivity index (χ0v) is 13.3. The van der Waals surface area contributed by atoms with E-state index in [0.717, 1.165) is 17.6 Å². The summed E-state index contributed by atoms with van der Waals surface area (Å²) >= 11 is 3.50. The van der Waals surface area contributed by atoms with Gasteiger partial charge in [-0.3, -0.25) is 0 Å². The molecule has 1 fully saturated rings. The molecular weight excluding hydrogens is 302 g/mol. The molecule has 2 rings (SSSR count). The van der Waals surface area contributed by atoms with Crippen LogP contribution < -0.4 is 5.32 Å². The number of benzene rings is 1. The van der Waals surface area contributed by atoms with E-state index in [1.54, 1.807) is 0 Å². The molecule has 0 unspecified atom stereocenters. The van der Waals surface area contributed by atoms with Gasteiger partial charge in [-0.1, -0.05) is 35.0 Å². The van der Waals surface area contributed by atoms with Gasteiger partial charge in [-0.25, -0.2) is 0 Å². The SMILES string of the molecule is CCCNC1CCC(OCc2cccc(Br)c2)CC1. The molecule has 0 saturated heterocycles. The Hall–Kier alpha value is -0.380. The van der Waals surface area contributed by atoms with Gasteiger partial charge in [-0.2, -0.15) is 0 Å². The van der Waals surface area contributed by atoms with E-state index in [4.69, 9.17) is 4.74 Å². The second-order valence-corrected chi connectivity index (χ2v) is 6.28. The van der Waals surface area contributed by atoms with E-state index < -0.39 is 0 Å². The maximum absolute atomic E-state index is 6.03. The molecule has 1 saturated carbocycles. The fraction of sp³-hybridized carbons (Fsp3) is 0.625. The monoisotopic (exact) mass is 325 g/mol. The van der Waals surface area contributed by atoms with Gasteiger partial charge in [-0.15, -0.1) is 0 Å². The number of nitrogens with one attached hydrogen (secondary N) is 1. The third kappa shape index (κ3) is 5.25. The van der Waals surface area contributed by atoms with E-state index in [-0.39, 0.29) is 0 Å². The van der Waals surface area contributed by atoms with Crippen molar-refractivity contribution in [3.8, 4) is 0 Å². The van der Waals surface area contributed by atoms with E-state index in [1.165, 1.54) is 37.7 Å². The predicted molar refractivity (Wildman–Crippen MR) is 83.3 cm³/mol. The van der Waals surface area contributed by atoms with E-state index >= 15 is 0 Å². The third-order valence-electron chi connectivity index (χ3n) is 3.73. The Morgan fingerprint density at radius 1 is 1.26 bits per heavy atom. The van der Waals surface area contributed by atoms with Crippen LogP contribution in [0.5, 0.6) is 0 Å². The van der Waals surface area contributed by atoms with Gasteiger partial charge in [0.05, 0.1) is 12.7 Å². The van der Waals surface area contributed by atoms with Crippen LogP contribution in [-0.4, -0.2) is 18.7 Å². The number of hydrogen-bond acceptors (Lipinski definition) is 2. The molecule has 0 aliphatic heterocycles. The molecule has 1 aliphatic rings. The van der Waals surface area contributed by atoms with Crippen LogP contribution >= 0.6 is 15.9 Å². The van der Waals surface area contributed by atoms with Crippen molar-refractivity contribution in [2.45, 2.75) is 57.8 Å². The first-order valence-electron chi connectivity index (χ1n) is 7.37. The lowest BCUT2D eigenvalue weighted by Gasteiger charge is -2.29. The van der Waals surface area contributed by atoms with Crippen LogP contribution in [-0.2, 0) is 11.3 Å². The first-order valence-corrected chi connectivity index (χ1v) is 8.16. The van der Waals surface area contributed by atoms with Crippen molar-refractivity contribution in [1.82, 2.24) is 5.32 Å². The second kappa shape index (κ2) is 8.03. The lowest BCUT2D eigenvalue weighted by Crippen LogP contribution is -2.35. The van der Waals surface area contributed by atoms with Gasteiger partial charge in [0.25, 0.3) is 0 Å². The van der Waals surface area contributed by atoms with Gasteiger partial charge in [0.15, 0.2) is 0 Å². The Balaban J connectivity index is 1.68. The number of halogens is 1. The molecule has 1 aromatic rings. The summed E-state index contributed by atoms with van der Waals surface area (Å²) in [6, 6.07) is 9.08. The highest BCUT2D eigenvalue weighted by atomic mass is 79.9. The van der Waals surface area contributed by atoms with Crippen LogP contribution in [0.2, 0.25) is 0 Å². The summed E-state index contributed by atoms with van der Waals surface area (Å²) in [5, 5.41) is 3.61. The lowest BCUT2D eigenvalue weighted by molar-refractivity contribution is 0.0113. The molecule has 2 nitrogen and oxygen atoms in total. The second-order valence-electron chi connectivity index (χ2n) is 5.37. The van der Waals surface area contributed by atoms with Crippen molar-refractivity contribution in [1.29, 1.82) is 0 Å². The number of ether oxygens (including phenoxy) is 1. The predicted octanol–water partition coefficient (Wildman–Crippen LogP) is 4.28. The van der Waals surface area contributed by atoms with Crippen molar-refractivity contribution in [2.75, 3.05) is 6.54 Å². The highest BCUT2D eigenvalue weighted by molar-refractivity contribution is 9.10. The highest BCUT2D eigenvalue weighted by Crippen LogP contribution is 2.22. The van der Waals surface area contributed by atoms with Crippen LogP contribution in [0.3, 0.4) is 0 Å². The molecule has 0 bridgehead atoms. The molecular formula is C16H24BrNO. The minimum absolute atomic E-state index is 0.443. The molecule has 0 amide bonds. The summed E-state index contributed by atoms with van der Waals surface area (Å²) in [7, 11) is 0. The summed E-state index contributed by atoms with van der Waals surface area (Å²) in [5.41, 5.74) is 1.25. The van der Waals surface area contributed by atoms with Gasteiger partial charge >= 0.3 is 0 Å². The zero-order chi connectivity index (χ0) is 13.5. The van der Waals surface area contributed by atoms with Crippen molar-refractivity contribution < 1.29 is 4.74 Å². The average Bonchev–Trinajstić information content (AvgIpc) is 2.44. The van der Waals surface area contributed by atoms with E-state index in [2.05, 4.69) is 46.4 Å². The molecule has 0 spiro atoms. The third-order valence-corrected chi connectivity index (χ3v) is 4.23. The largest absolute Gasteiger partial charge is 0.374 e. The minimum atomic E-state index is 0.443. The normalized spacial score (nSPS) is 23.5. The number of rotatable bonds is 6. The first-order chi connectivity index (χ1) is 9.28. The topological polar surface area (TPSA) is 21.3 Å². The molecule has 1 aromatic carbocycles. The van der Waals surface area contributed by atoms with Crippen molar-refractivity contribution in [3.63, 3.8) is 0 Å². The maximum Gasteiger partial charge on any atom is 0.0721 e. The van der Waals surface area contributed by atoms with E-state index in [1.807, 2.05) is 6.07 Å². The molecule has 3 heteroatoms. The summed E-state index contributed by atoms with van der Waals surface area (Å²) in [4.78, 5) is 0. The Morgan fingerprint density at radius 2 is 2.05 bits per heavy atom. The zero-order valence-electron chi connectivity index (χ0n) is 11.7.